The Bertz CT molecular complexity index is 852. The minimum atomic E-state index is -0.193. The van der Waals surface area contributed by atoms with E-state index < -0.39 is 0 Å². The van der Waals surface area contributed by atoms with E-state index in [-0.39, 0.29) is 5.91 Å². The molecular weight excluding hydrogens is 345 g/mol. The maximum atomic E-state index is 12.4. The van der Waals surface area contributed by atoms with Crippen molar-refractivity contribution in [2.75, 3.05) is 5.32 Å². The lowest BCUT2D eigenvalue weighted by Gasteiger charge is -2.11. The van der Waals surface area contributed by atoms with Crippen LogP contribution in [-0.4, -0.2) is 15.7 Å². The Balaban J connectivity index is 1.80. The molecule has 0 atom stereocenters. The lowest BCUT2D eigenvalue weighted by atomic mass is 10.1. The standard InChI is InChI=1S/C18H15Cl2N3O/c1-12-5-7-13(8-6-12)18(24)22-17-9-10-21-23(17)11-14-15(19)3-2-4-16(14)20/h2-10H,11H2,1H3,(H,22,24). The van der Waals surface area contributed by atoms with Crippen LogP contribution in [0, 0.1) is 6.92 Å². The molecule has 1 heterocycles. The zero-order chi connectivity index (χ0) is 17.1. The lowest BCUT2D eigenvalue weighted by molar-refractivity contribution is 0.102. The molecule has 0 aliphatic rings. The Morgan fingerprint density at radius 1 is 1.08 bits per heavy atom. The summed E-state index contributed by atoms with van der Waals surface area (Å²) in [5.41, 5.74) is 2.45. The molecule has 2 aromatic carbocycles. The SMILES string of the molecule is Cc1ccc(C(=O)Nc2ccnn2Cc2c(Cl)cccc2Cl)cc1. The summed E-state index contributed by atoms with van der Waals surface area (Å²) in [5.74, 6) is 0.388. The van der Waals surface area contributed by atoms with Crippen molar-refractivity contribution in [3.8, 4) is 0 Å². The monoisotopic (exact) mass is 359 g/mol. The number of nitrogens with one attached hydrogen (secondary N) is 1. The molecule has 1 N–H and O–H groups in total. The molecular formula is C18H15Cl2N3O. The van der Waals surface area contributed by atoms with Crippen molar-refractivity contribution >= 4 is 34.9 Å². The predicted molar refractivity (Wildman–Crippen MR) is 96.9 cm³/mol. The summed E-state index contributed by atoms with van der Waals surface area (Å²) in [5, 5.41) is 8.23. The van der Waals surface area contributed by atoms with Crippen LogP contribution in [0.15, 0.2) is 54.7 Å². The molecule has 0 saturated carbocycles. The summed E-state index contributed by atoms with van der Waals surface area (Å²) < 4.78 is 1.65. The van der Waals surface area contributed by atoms with Crippen molar-refractivity contribution in [1.29, 1.82) is 0 Å². The number of anilines is 1. The number of aryl methyl sites for hydroxylation is 1. The zero-order valence-corrected chi connectivity index (χ0v) is 14.5. The van der Waals surface area contributed by atoms with Crippen LogP contribution >= 0.6 is 23.2 Å². The second-order valence-corrected chi connectivity index (χ2v) is 6.21. The summed E-state index contributed by atoms with van der Waals surface area (Å²) in [6.45, 7) is 2.35. The fourth-order valence-electron chi connectivity index (χ4n) is 2.29. The maximum Gasteiger partial charge on any atom is 0.256 e. The first-order valence-electron chi connectivity index (χ1n) is 7.37. The van der Waals surface area contributed by atoms with Gasteiger partial charge in [0, 0.05) is 27.2 Å². The highest BCUT2D eigenvalue weighted by atomic mass is 35.5. The number of carbonyl (C=O) groups excluding carboxylic acids is 1. The van der Waals surface area contributed by atoms with Gasteiger partial charge in [0.05, 0.1) is 12.7 Å². The van der Waals surface area contributed by atoms with Gasteiger partial charge in [0.15, 0.2) is 0 Å². The third-order valence-electron chi connectivity index (χ3n) is 3.64. The van der Waals surface area contributed by atoms with E-state index in [0.717, 1.165) is 11.1 Å². The van der Waals surface area contributed by atoms with E-state index in [9.17, 15) is 4.79 Å². The molecule has 0 unspecified atom stereocenters. The van der Waals surface area contributed by atoms with E-state index in [1.165, 1.54) is 0 Å². The van der Waals surface area contributed by atoms with Gasteiger partial charge in [-0.05, 0) is 31.2 Å². The smallest absolute Gasteiger partial charge is 0.256 e. The quantitative estimate of drug-likeness (QED) is 0.727. The number of hydrogen-bond acceptors (Lipinski definition) is 2. The number of benzene rings is 2. The largest absolute Gasteiger partial charge is 0.307 e. The van der Waals surface area contributed by atoms with Crippen LogP contribution in [0.4, 0.5) is 5.82 Å². The van der Waals surface area contributed by atoms with E-state index in [1.54, 1.807) is 47.3 Å². The summed E-state index contributed by atoms with van der Waals surface area (Å²) in [7, 11) is 0. The zero-order valence-electron chi connectivity index (χ0n) is 13.0. The average Bonchev–Trinajstić information content (AvgIpc) is 2.98. The third-order valence-corrected chi connectivity index (χ3v) is 4.35. The predicted octanol–water partition coefficient (Wildman–Crippen LogP) is 4.80. The van der Waals surface area contributed by atoms with Crippen molar-refractivity contribution in [1.82, 2.24) is 9.78 Å². The minimum absolute atomic E-state index is 0.193. The Kier molecular flexibility index (Phi) is 4.88. The second kappa shape index (κ2) is 7.07. The van der Waals surface area contributed by atoms with Gasteiger partial charge in [-0.2, -0.15) is 5.10 Å². The van der Waals surface area contributed by atoms with Crippen LogP contribution in [0.3, 0.4) is 0 Å². The summed E-state index contributed by atoms with van der Waals surface area (Å²) in [4.78, 5) is 12.4. The van der Waals surface area contributed by atoms with Crippen LogP contribution < -0.4 is 5.32 Å². The molecule has 3 aromatic rings. The summed E-state index contributed by atoms with van der Waals surface area (Å²) >= 11 is 12.4. The molecule has 0 radical (unpaired) electrons. The van der Waals surface area contributed by atoms with Gasteiger partial charge in [0.25, 0.3) is 5.91 Å². The first kappa shape index (κ1) is 16.6. The van der Waals surface area contributed by atoms with Gasteiger partial charge in [0.2, 0.25) is 0 Å². The molecule has 4 nitrogen and oxygen atoms in total. The molecule has 24 heavy (non-hydrogen) atoms. The summed E-state index contributed by atoms with van der Waals surface area (Å²) in [6.07, 6.45) is 1.62. The van der Waals surface area contributed by atoms with Crippen molar-refractivity contribution in [3.63, 3.8) is 0 Å². The molecule has 3 rings (SSSR count). The lowest BCUT2D eigenvalue weighted by Crippen LogP contribution is -2.16. The van der Waals surface area contributed by atoms with Crippen molar-refractivity contribution < 1.29 is 4.79 Å². The van der Waals surface area contributed by atoms with E-state index in [0.29, 0.717) is 28.0 Å². The van der Waals surface area contributed by atoms with E-state index in [1.807, 2.05) is 19.1 Å². The highest BCUT2D eigenvalue weighted by Gasteiger charge is 2.12. The number of carbonyl (C=O) groups is 1. The molecule has 0 bridgehead atoms. The molecule has 0 fully saturated rings. The van der Waals surface area contributed by atoms with Gasteiger partial charge in [-0.15, -0.1) is 0 Å². The van der Waals surface area contributed by atoms with Crippen molar-refractivity contribution in [2.45, 2.75) is 13.5 Å². The average molecular weight is 360 g/mol. The van der Waals surface area contributed by atoms with Crippen molar-refractivity contribution in [3.05, 3.63) is 81.5 Å². The fourth-order valence-corrected chi connectivity index (χ4v) is 2.81. The Labute approximate surface area is 150 Å². The van der Waals surface area contributed by atoms with Crippen LogP contribution in [0.25, 0.3) is 0 Å². The van der Waals surface area contributed by atoms with E-state index in [4.69, 9.17) is 23.2 Å². The topological polar surface area (TPSA) is 46.9 Å². The Hall–Kier alpha value is -2.30. The minimum Gasteiger partial charge on any atom is -0.307 e. The van der Waals surface area contributed by atoms with E-state index in [2.05, 4.69) is 10.4 Å². The molecule has 0 spiro atoms. The molecule has 6 heteroatoms. The van der Waals surface area contributed by atoms with Gasteiger partial charge in [-0.25, -0.2) is 4.68 Å². The molecule has 1 aromatic heterocycles. The fraction of sp³-hybridized carbons (Fsp3) is 0.111. The van der Waals surface area contributed by atoms with Crippen molar-refractivity contribution in [2.24, 2.45) is 0 Å². The number of aromatic nitrogens is 2. The van der Waals surface area contributed by atoms with Gasteiger partial charge in [-0.1, -0.05) is 47.0 Å². The number of hydrogen-bond donors (Lipinski definition) is 1. The Morgan fingerprint density at radius 2 is 1.75 bits per heavy atom. The third kappa shape index (κ3) is 3.61. The van der Waals surface area contributed by atoms with Gasteiger partial charge in [-0.3, -0.25) is 4.79 Å². The van der Waals surface area contributed by atoms with Gasteiger partial charge < -0.3 is 5.32 Å². The number of nitrogens with zero attached hydrogens (tertiary/aromatic N) is 2. The molecule has 0 aliphatic heterocycles. The molecule has 0 aliphatic carbocycles. The Morgan fingerprint density at radius 3 is 2.42 bits per heavy atom. The van der Waals surface area contributed by atoms with Gasteiger partial charge >= 0.3 is 0 Å². The van der Waals surface area contributed by atoms with Crippen LogP contribution in [0.1, 0.15) is 21.5 Å². The molecule has 122 valence electrons. The normalized spacial score (nSPS) is 10.6. The van der Waals surface area contributed by atoms with Crippen LogP contribution in [0.5, 0.6) is 0 Å². The van der Waals surface area contributed by atoms with Crippen LogP contribution in [-0.2, 0) is 6.54 Å². The molecule has 0 saturated heterocycles. The second-order valence-electron chi connectivity index (χ2n) is 5.39. The maximum absolute atomic E-state index is 12.4. The first-order chi connectivity index (χ1) is 11.5. The number of halogens is 2. The van der Waals surface area contributed by atoms with Crippen LogP contribution in [0.2, 0.25) is 10.0 Å². The highest BCUT2D eigenvalue weighted by Crippen LogP contribution is 2.26. The number of rotatable bonds is 4. The van der Waals surface area contributed by atoms with E-state index >= 15 is 0 Å². The number of amides is 1. The first-order valence-corrected chi connectivity index (χ1v) is 8.13. The van der Waals surface area contributed by atoms with Gasteiger partial charge in [0.1, 0.15) is 5.82 Å². The summed E-state index contributed by atoms with van der Waals surface area (Å²) in [6, 6.07) is 14.4. The highest BCUT2D eigenvalue weighted by molar-refractivity contribution is 6.36. The molecule has 1 amide bonds.